The monoisotopic (exact) mass is 637 g/mol. The van der Waals surface area contributed by atoms with Gasteiger partial charge in [0.25, 0.3) is 5.91 Å². The number of halogens is 4. The van der Waals surface area contributed by atoms with E-state index in [1.165, 1.54) is 6.33 Å². The summed E-state index contributed by atoms with van der Waals surface area (Å²) in [6.07, 6.45) is -2.20. The fourth-order valence-corrected chi connectivity index (χ4v) is 5.74. The molecule has 0 radical (unpaired) electrons. The summed E-state index contributed by atoms with van der Waals surface area (Å²) in [5.41, 5.74) is 2.12. The number of anilines is 5. The van der Waals surface area contributed by atoms with Gasteiger partial charge >= 0.3 is 6.18 Å². The fraction of sp³-hybridized carbons (Fsp3) is 0.406. The number of aromatic nitrogens is 4. The van der Waals surface area contributed by atoms with Crippen molar-refractivity contribution in [1.82, 2.24) is 24.8 Å². The topological polar surface area (TPSA) is 102 Å². The number of hydrogen-bond donors (Lipinski definition) is 2. The van der Waals surface area contributed by atoms with E-state index in [-0.39, 0.29) is 17.8 Å². The van der Waals surface area contributed by atoms with Crippen molar-refractivity contribution in [1.29, 1.82) is 0 Å². The van der Waals surface area contributed by atoms with Crippen LogP contribution in [0.1, 0.15) is 41.8 Å². The van der Waals surface area contributed by atoms with Gasteiger partial charge in [0, 0.05) is 61.4 Å². The van der Waals surface area contributed by atoms with Gasteiger partial charge in [0.2, 0.25) is 5.95 Å². The molecule has 2 N–H and O–H groups in total. The maximum absolute atomic E-state index is 13.9. The standard InChI is InChI=1S/C32H35F4N9O/c1-19(2)43-8-10-44(11-9-43)25-14-22(32(34,35)36)13-24(15-25)40-30(46)21-5-4-20(3)26(12-21)41-29-28-27(38-18-39-29)16-37-31(42-28)45-7-6-23(33)17-45/h4-5,12-16,18-19,23H,6-11,17H2,1-3H3,(H,40,46)(H,38,39,41)/t23-/m0/s1. The Hall–Kier alpha value is -4.59. The number of piperazine rings is 1. The predicted molar refractivity (Wildman–Crippen MR) is 170 cm³/mol. The van der Waals surface area contributed by atoms with Crippen LogP contribution in [0, 0.1) is 6.92 Å². The molecule has 1 atom stereocenters. The highest BCUT2D eigenvalue weighted by Gasteiger charge is 2.32. The molecule has 0 aliphatic carbocycles. The molecule has 242 valence electrons. The third kappa shape index (κ3) is 6.81. The number of carbonyl (C=O) groups is 1. The zero-order valence-corrected chi connectivity index (χ0v) is 25.8. The Bertz CT molecular complexity index is 1740. The van der Waals surface area contributed by atoms with Crippen LogP contribution in [0.15, 0.2) is 48.9 Å². The number of amides is 1. The SMILES string of the molecule is Cc1ccc(C(=O)Nc2cc(N3CCN(C(C)C)CC3)cc(C(F)(F)F)c2)cc1Nc1ncnc2cnc(N3CC[C@H](F)C3)nc12. The first-order chi connectivity index (χ1) is 21.9. The number of fused-ring (bicyclic) bond motifs is 1. The minimum atomic E-state index is -4.58. The molecule has 4 heterocycles. The first-order valence-corrected chi connectivity index (χ1v) is 15.2. The van der Waals surface area contributed by atoms with Gasteiger partial charge in [-0.25, -0.2) is 24.3 Å². The van der Waals surface area contributed by atoms with Gasteiger partial charge in [-0.2, -0.15) is 13.2 Å². The molecule has 0 bridgehead atoms. The molecule has 2 aliphatic heterocycles. The smallest absolute Gasteiger partial charge is 0.369 e. The van der Waals surface area contributed by atoms with Crippen molar-refractivity contribution in [2.75, 3.05) is 59.7 Å². The molecule has 1 amide bonds. The van der Waals surface area contributed by atoms with Crippen LogP contribution < -0.4 is 20.4 Å². The normalized spacial score (nSPS) is 17.6. The van der Waals surface area contributed by atoms with Crippen molar-refractivity contribution in [2.24, 2.45) is 0 Å². The number of alkyl halides is 4. The minimum absolute atomic E-state index is 0.0552. The molecule has 0 saturated carbocycles. The highest BCUT2D eigenvalue weighted by Crippen LogP contribution is 2.35. The summed E-state index contributed by atoms with van der Waals surface area (Å²) in [7, 11) is 0. The summed E-state index contributed by atoms with van der Waals surface area (Å²) < 4.78 is 55.5. The largest absolute Gasteiger partial charge is 0.416 e. The summed E-state index contributed by atoms with van der Waals surface area (Å²) in [6, 6.07) is 8.97. The van der Waals surface area contributed by atoms with Crippen molar-refractivity contribution in [3.05, 3.63) is 65.6 Å². The highest BCUT2D eigenvalue weighted by molar-refractivity contribution is 6.05. The van der Waals surface area contributed by atoms with E-state index < -0.39 is 23.8 Å². The minimum Gasteiger partial charge on any atom is -0.369 e. The Morgan fingerprint density at radius 3 is 2.46 bits per heavy atom. The zero-order valence-electron chi connectivity index (χ0n) is 25.8. The molecule has 2 aromatic carbocycles. The number of aryl methyl sites for hydroxylation is 1. The van der Waals surface area contributed by atoms with E-state index in [2.05, 4.69) is 49.3 Å². The van der Waals surface area contributed by atoms with Gasteiger partial charge in [-0.1, -0.05) is 6.07 Å². The number of benzene rings is 2. The van der Waals surface area contributed by atoms with Crippen molar-refractivity contribution in [3.8, 4) is 0 Å². The summed E-state index contributed by atoms with van der Waals surface area (Å²) in [5.74, 6) is 0.174. The molecule has 2 aromatic heterocycles. The molecule has 10 nitrogen and oxygen atoms in total. The van der Waals surface area contributed by atoms with E-state index in [1.54, 1.807) is 35.4 Å². The molecular formula is C32H35F4N9O. The number of rotatable bonds is 7. The molecule has 0 spiro atoms. The van der Waals surface area contributed by atoms with Crippen LogP contribution in [0.5, 0.6) is 0 Å². The molecule has 6 rings (SSSR count). The fourth-order valence-electron chi connectivity index (χ4n) is 5.74. The quantitative estimate of drug-likeness (QED) is 0.243. The lowest BCUT2D eigenvalue weighted by Gasteiger charge is -2.38. The van der Waals surface area contributed by atoms with Gasteiger partial charge in [0.15, 0.2) is 5.82 Å². The molecule has 14 heteroatoms. The lowest BCUT2D eigenvalue weighted by Crippen LogP contribution is -2.49. The third-order valence-corrected chi connectivity index (χ3v) is 8.44. The van der Waals surface area contributed by atoms with Crippen LogP contribution in [0.3, 0.4) is 0 Å². The van der Waals surface area contributed by atoms with Crippen LogP contribution in [0.25, 0.3) is 11.0 Å². The second kappa shape index (κ2) is 12.7. The van der Waals surface area contributed by atoms with Crippen LogP contribution in [0.4, 0.5) is 46.4 Å². The zero-order chi connectivity index (χ0) is 32.6. The Balaban J connectivity index is 1.24. The van der Waals surface area contributed by atoms with Gasteiger partial charge in [0.05, 0.1) is 18.3 Å². The number of nitrogens with zero attached hydrogens (tertiary/aromatic N) is 7. The van der Waals surface area contributed by atoms with Gasteiger partial charge in [-0.15, -0.1) is 0 Å². The van der Waals surface area contributed by atoms with Crippen molar-refractivity contribution in [3.63, 3.8) is 0 Å². The Kier molecular flexibility index (Phi) is 8.64. The van der Waals surface area contributed by atoms with Gasteiger partial charge in [-0.05, 0) is 63.1 Å². The molecule has 0 unspecified atom stereocenters. The summed E-state index contributed by atoms with van der Waals surface area (Å²) >= 11 is 0. The van der Waals surface area contributed by atoms with Gasteiger partial charge in [-0.3, -0.25) is 9.69 Å². The molecule has 2 saturated heterocycles. The van der Waals surface area contributed by atoms with Crippen molar-refractivity contribution < 1.29 is 22.4 Å². The molecule has 2 aliphatic rings. The average molecular weight is 638 g/mol. The van der Waals surface area contributed by atoms with E-state index in [0.717, 1.165) is 30.8 Å². The van der Waals surface area contributed by atoms with Gasteiger partial charge in [0.1, 0.15) is 23.5 Å². The van der Waals surface area contributed by atoms with E-state index in [4.69, 9.17) is 0 Å². The van der Waals surface area contributed by atoms with E-state index >= 15 is 0 Å². The van der Waals surface area contributed by atoms with Crippen LogP contribution in [0.2, 0.25) is 0 Å². The first kappa shape index (κ1) is 31.4. The first-order valence-electron chi connectivity index (χ1n) is 15.2. The van der Waals surface area contributed by atoms with E-state index in [0.29, 0.717) is 66.3 Å². The average Bonchev–Trinajstić information content (AvgIpc) is 3.47. The second-order valence-corrected chi connectivity index (χ2v) is 12.0. The second-order valence-electron chi connectivity index (χ2n) is 12.0. The summed E-state index contributed by atoms with van der Waals surface area (Å²) in [6.45, 7) is 9.38. The Morgan fingerprint density at radius 2 is 1.76 bits per heavy atom. The van der Waals surface area contributed by atoms with Crippen LogP contribution in [-0.2, 0) is 6.18 Å². The molecule has 4 aromatic rings. The maximum atomic E-state index is 13.9. The van der Waals surface area contributed by atoms with Crippen LogP contribution in [-0.4, -0.2) is 82.2 Å². The number of nitrogens with one attached hydrogen (secondary N) is 2. The number of hydrogen-bond acceptors (Lipinski definition) is 9. The van der Waals surface area contributed by atoms with Crippen LogP contribution >= 0.6 is 0 Å². The Labute approximate surface area is 263 Å². The lowest BCUT2D eigenvalue weighted by atomic mass is 10.1. The van der Waals surface area contributed by atoms with Crippen molar-refractivity contribution >= 4 is 45.8 Å². The molecule has 46 heavy (non-hydrogen) atoms. The lowest BCUT2D eigenvalue weighted by molar-refractivity contribution is -0.137. The van der Waals surface area contributed by atoms with Crippen molar-refractivity contribution in [2.45, 2.75) is 45.6 Å². The summed E-state index contributed by atoms with van der Waals surface area (Å²) in [5, 5.41) is 5.89. The third-order valence-electron chi connectivity index (χ3n) is 8.44. The molecule has 2 fully saturated rings. The van der Waals surface area contributed by atoms with E-state index in [1.807, 2.05) is 11.8 Å². The van der Waals surface area contributed by atoms with E-state index in [9.17, 15) is 22.4 Å². The Morgan fingerprint density at radius 1 is 0.978 bits per heavy atom. The highest BCUT2D eigenvalue weighted by atomic mass is 19.4. The van der Waals surface area contributed by atoms with Gasteiger partial charge < -0.3 is 20.4 Å². The number of carbonyl (C=O) groups excluding carboxylic acids is 1. The predicted octanol–water partition coefficient (Wildman–Crippen LogP) is 5.82. The maximum Gasteiger partial charge on any atom is 0.416 e. The molecular weight excluding hydrogens is 602 g/mol. The summed E-state index contributed by atoms with van der Waals surface area (Å²) in [4.78, 5) is 36.9.